The maximum atomic E-state index is 12.0. The first kappa shape index (κ1) is 25.6. The summed E-state index contributed by atoms with van der Waals surface area (Å²) in [6.45, 7) is 12.0. The van der Waals surface area contributed by atoms with Crippen molar-refractivity contribution in [1.29, 1.82) is 0 Å². The number of aromatic nitrogens is 1. The highest BCUT2D eigenvalue weighted by molar-refractivity contribution is 7.86. The summed E-state index contributed by atoms with van der Waals surface area (Å²) in [4.78, 5) is 4.18. The number of para-hydroxylation sites is 1. The summed E-state index contributed by atoms with van der Waals surface area (Å²) in [5.74, 6) is 0. The van der Waals surface area contributed by atoms with Crippen LogP contribution in [0.5, 0.6) is 0 Å². The molecule has 1 aliphatic heterocycles. The van der Waals surface area contributed by atoms with Crippen molar-refractivity contribution in [2.45, 2.75) is 64.9 Å². The summed E-state index contributed by atoms with van der Waals surface area (Å²) in [7, 11) is -4.40. The van der Waals surface area contributed by atoms with Gasteiger partial charge in [-0.1, -0.05) is 64.1 Å². The van der Waals surface area contributed by atoms with Crippen molar-refractivity contribution in [3.05, 3.63) is 71.9 Å². The Morgan fingerprint density at radius 3 is 2.32 bits per heavy atom. The maximum Gasteiger partial charge on any atom is 0.309 e. The van der Waals surface area contributed by atoms with Gasteiger partial charge in [0.25, 0.3) is 5.50 Å². The average Bonchev–Trinajstić information content (AvgIpc) is 3.24. The van der Waals surface area contributed by atoms with Gasteiger partial charge in [0.15, 0.2) is 0 Å². The summed E-state index contributed by atoms with van der Waals surface area (Å²) in [5.41, 5.74) is 2.25. The Balaban J connectivity index is 0.000000266. The number of rotatable bonds is 4. The molecule has 182 valence electrons. The standard InChI is InChI=1S/C16H26N4O3S.C9H7N/c1-7-11(2)19-15(24(21,22)23)20(18-17-19)14-10-8-9-13(12(14)3)16(4,5)6;1-2-6-9-8(4-1)5-3-7-10-9/h8-11,15H,7H2,1-6H3,(H,21,22,23);1-7H. The second kappa shape index (κ2) is 10.1. The second-order valence-electron chi connectivity index (χ2n) is 9.40. The Morgan fingerprint density at radius 1 is 1.03 bits per heavy atom. The van der Waals surface area contributed by atoms with Crippen LogP contribution in [-0.4, -0.2) is 34.5 Å². The van der Waals surface area contributed by atoms with Crippen LogP contribution in [0.2, 0.25) is 0 Å². The average molecular weight is 484 g/mol. The first-order chi connectivity index (χ1) is 15.9. The molecule has 2 aromatic carbocycles. The Hall–Kier alpha value is -3.04. The molecule has 0 radical (unpaired) electrons. The van der Waals surface area contributed by atoms with Crippen molar-refractivity contribution in [2.24, 2.45) is 10.4 Å². The number of nitrogens with zero attached hydrogens (tertiary/aromatic N) is 5. The molecule has 34 heavy (non-hydrogen) atoms. The molecular weight excluding hydrogens is 450 g/mol. The van der Waals surface area contributed by atoms with E-state index in [0.29, 0.717) is 12.1 Å². The van der Waals surface area contributed by atoms with Gasteiger partial charge in [-0.25, -0.2) is 10.0 Å². The van der Waals surface area contributed by atoms with Gasteiger partial charge in [-0.3, -0.25) is 9.54 Å². The topological polar surface area (TPSA) is 98.5 Å². The number of anilines is 1. The third-order valence-corrected chi connectivity index (χ3v) is 6.80. The minimum absolute atomic E-state index is 0.0963. The Labute approximate surface area is 202 Å². The Bertz CT molecular complexity index is 1210. The van der Waals surface area contributed by atoms with E-state index < -0.39 is 15.6 Å². The quantitative estimate of drug-likeness (QED) is 0.464. The lowest BCUT2D eigenvalue weighted by molar-refractivity contribution is 0.202. The van der Waals surface area contributed by atoms with E-state index in [-0.39, 0.29) is 11.5 Å². The SMILES string of the molecule is CCC(C)N1N=NN(c2cccc(C(C)(C)C)c2C)C1S(=O)(=O)O.c1ccc2ncccc2c1. The first-order valence-electron chi connectivity index (χ1n) is 11.3. The molecular formula is C25H33N5O3S. The zero-order valence-corrected chi connectivity index (χ0v) is 21.4. The molecule has 3 aromatic rings. The van der Waals surface area contributed by atoms with Gasteiger partial charge in [-0.05, 0) is 65.5 Å². The lowest BCUT2D eigenvalue weighted by Crippen LogP contribution is -2.48. The van der Waals surface area contributed by atoms with Crippen LogP contribution in [0, 0.1) is 6.92 Å². The third-order valence-electron chi connectivity index (χ3n) is 5.86. The van der Waals surface area contributed by atoms with E-state index in [0.717, 1.165) is 16.6 Å². The molecule has 9 heteroatoms. The molecule has 2 unspecified atom stereocenters. The first-order valence-corrected chi connectivity index (χ1v) is 12.8. The van der Waals surface area contributed by atoms with E-state index >= 15 is 0 Å². The van der Waals surface area contributed by atoms with Crippen LogP contribution in [0.4, 0.5) is 5.69 Å². The smallest absolute Gasteiger partial charge is 0.282 e. The van der Waals surface area contributed by atoms with Crippen LogP contribution in [0.15, 0.2) is 71.2 Å². The molecule has 0 saturated heterocycles. The maximum absolute atomic E-state index is 12.0. The fraction of sp³-hybridized carbons (Fsp3) is 0.400. The minimum Gasteiger partial charge on any atom is -0.282 e. The third kappa shape index (κ3) is 5.53. The highest BCUT2D eigenvalue weighted by Crippen LogP contribution is 2.36. The highest BCUT2D eigenvalue weighted by Gasteiger charge is 2.43. The van der Waals surface area contributed by atoms with Crippen molar-refractivity contribution in [1.82, 2.24) is 9.99 Å². The molecule has 0 bridgehead atoms. The highest BCUT2D eigenvalue weighted by atomic mass is 32.2. The van der Waals surface area contributed by atoms with Gasteiger partial charge in [0.1, 0.15) is 0 Å². The van der Waals surface area contributed by atoms with Crippen LogP contribution in [0.25, 0.3) is 10.9 Å². The van der Waals surface area contributed by atoms with Gasteiger partial charge in [0.2, 0.25) is 0 Å². The van der Waals surface area contributed by atoms with E-state index in [1.54, 1.807) is 6.07 Å². The summed E-state index contributed by atoms with van der Waals surface area (Å²) >= 11 is 0. The Kier molecular flexibility index (Phi) is 7.57. The summed E-state index contributed by atoms with van der Waals surface area (Å²) in [6, 6.07) is 17.6. The van der Waals surface area contributed by atoms with Crippen molar-refractivity contribution in [3.8, 4) is 0 Å². The predicted molar refractivity (Wildman–Crippen MR) is 136 cm³/mol. The van der Waals surface area contributed by atoms with Gasteiger partial charge in [-0.15, -0.1) is 0 Å². The lowest BCUT2D eigenvalue weighted by Gasteiger charge is -2.31. The van der Waals surface area contributed by atoms with Crippen molar-refractivity contribution in [3.63, 3.8) is 0 Å². The van der Waals surface area contributed by atoms with Crippen LogP contribution in [-0.2, 0) is 15.5 Å². The van der Waals surface area contributed by atoms with Crippen LogP contribution in [0.3, 0.4) is 0 Å². The van der Waals surface area contributed by atoms with Crippen LogP contribution < -0.4 is 5.01 Å². The number of pyridine rings is 1. The number of fused-ring (bicyclic) bond motifs is 1. The normalized spacial score (nSPS) is 17.0. The van der Waals surface area contributed by atoms with Crippen molar-refractivity contribution in [2.75, 3.05) is 5.01 Å². The van der Waals surface area contributed by atoms with Crippen LogP contribution >= 0.6 is 0 Å². The van der Waals surface area contributed by atoms with Gasteiger partial charge in [-0.2, -0.15) is 8.42 Å². The molecule has 0 saturated carbocycles. The fourth-order valence-corrected chi connectivity index (χ4v) is 4.84. The van der Waals surface area contributed by atoms with E-state index in [4.69, 9.17) is 0 Å². The lowest BCUT2D eigenvalue weighted by atomic mass is 9.83. The van der Waals surface area contributed by atoms with E-state index in [1.807, 2.05) is 63.4 Å². The van der Waals surface area contributed by atoms with Gasteiger partial charge >= 0.3 is 10.1 Å². The number of hydrogen-bond acceptors (Lipinski definition) is 7. The second-order valence-corrected chi connectivity index (χ2v) is 10.8. The molecule has 1 aliphatic rings. The molecule has 1 N–H and O–H groups in total. The van der Waals surface area contributed by atoms with E-state index in [9.17, 15) is 13.0 Å². The summed E-state index contributed by atoms with van der Waals surface area (Å²) in [6.07, 6.45) is 2.49. The van der Waals surface area contributed by atoms with Gasteiger partial charge < -0.3 is 0 Å². The zero-order valence-electron chi connectivity index (χ0n) is 20.5. The molecule has 4 rings (SSSR count). The molecule has 0 aliphatic carbocycles. The molecule has 0 fully saturated rings. The fourth-order valence-electron chi connectivity index (χ4n) is 3.91. The molecule has 2 heterocycles. The van der Waals surface area contributed by atoms with Crippen LogP contribution in [0.1, 0.15) is 52.2 Å². The molecule has 0 amide bonds. The molecule has 2 atom stereocenters. The summed E-state index contributed by atoms with van der Waals surface area (Å²) < 4.78 is 33.7. The monoisotopic (exact) mass is 483 g/mol. The van der Waals surface area contributed by atoms with E-state index in [1.165, 1.54) is 15.4 Å². The van der Waals surface area contributed by atoms with Gasteiger partial charge in [0, 0.05) is 17.6 Å². The predicted octanol–water partition coefficient (Wildman–Crippen LogP) is 5.90. The number of hydrogen-bond donors (Lipinski definition) is 1. The Morgan fingerprint density at radius 2 is 1.71 bits per heavy atom. The van der Waals surface area contributed by atoms with Crippen molar-refractivity contribution < 1.29 is 13.0 Å². The number of benzene rings is 2. The molecule has 8 nitrogen and oxygen atoms in total. The zero-order chi connectivity index (χ0) is 25.1. The van der Waals surface area contributed by atoms with E-state index in [2.05, 4.69) is 48.3 Å². The minimum atomic E-state index is -4.40. The molecule has 1 aromatic heterocycles. The van der Waals surface area contributed by atoms with Gasteiger partial charge in [0.05, 0.1) is 11.2 Å². The largest absolute Gasteiger partial charge is 0.309 e. The summed E-state index contributed by atoms with van der Waals surface area (Å²) in [5, 5.41) is 11.8. The van der Waals surface area contributed by atoms with Crippen molar-refractivity contribution >= 4 is 26.7 Å². The molecule has 0 spiro atoms.